The van der Waals surface area contributed by atoms with Crippen molar-refractivity contribution in [3.63, 3.8) is 0 Å². The van der Waals surface area contributed by atoms with Crippen LogP contribution in [0, 0.1) is 0 Å². The van der Waals surface area contributed by atoms with Crippen LogP contribution in [0.2, 0.25) is 0 Å². The number of amidine groups is 1. The van der Waals surface area contributed by atoms with E-state index in [0.29, 0.717) is 5.82 Å². The SMILES string of the molecule is c1ccc(N=C(Nc2ccncc2)c2cccc3ccccc23)nc1. The molecule has 0 unspecified atom stereocenters. The molecule has 2 aromatic heterocycles. The highest BCUT2D eigenvalue weighted by Crippen LogP contribution is 2.22. The van der Waals surface area contributed by atoms with Crippen molar-refractivity contribution in [1.29, 1.82) is 0 Å². The molecule has 0 aliphatic heterocycles. The second-order valence-electron chi connectivity index (χ2n) is 5.54. The van der Waals surface area contributed by atoms with Crippen LogP contribution in [-0.4, -0.2) is 15.8 Å². The van der Waals surface area contributed by atoms with Gasteiger partial charge in [-0.05, 0) is 35.0 Å². The highest BCUT2D eigenvalue weighted by Gasteiger charge is 2.09. The largest absolute Gasteiger partial charge is 0.340 e. The maximum absolute atomic E-state index is 4.75. The van der Waals surface area contributed by atoms with Crippen molar-refractivity contribution < 1.29 is 0 Å². The number of rotatable bonds is 3. The predicted molar refractivity (Wildman–Crippen MR) is 102 cm³/mol. The summed E-state index contributed by atoms with van der Waals surface area (Å²) >= 11 is 0. The summed E-state index contributed by atoms with van der Waals surface area (Å²) in [5.41, 5.74) is 1.96. The molecule has 0 aliphatic carbocycles. The smallest absolute Gasteiger partial charge is 0.154 e. The van der Waals surface area contributed by atoms with E-state index in [-0.39, 0.29) is 0 Å². The van der Waals surface area contributed by atoms with Gasteiger partial charge in [0.05, 0.1) is 0 Å². The summed E-state index contributed by atoms with van der Waals surface area (Å²) < 4.78 is 0. The first-order chi connectivity index (χ1) is 12.4. The molecule has 0 aliphatic rings. The molecule has 0 amide bonds. The Hall–Kier alpha value is -3.53. The van der Waals surface area contributed by atoms with E-state index in [1.807, 2.05) is 48.5 Å². The van der Waals surface area contributed by atoms with Crippen molar-refractivity contribution in [2.45, 2.75) is 0 Å². The van der Waals surface area contributed by atoms with Crippen LogP contribution in [0.25, 0.3) is 10.8 Å². The Kier molecular flexibility index (Phi) is 4.16. The first-order valence-electron chi connectivity index (χ1n) is 8.05. The Morgan fingerprint density at radius 1 is 0.760 bits per heavy atom. The topological polar surface area (TPSA) is 50.2 Å². The third-order valence-corrected chi connectivity index (χ3v) is 3.86. The summed E-state index contributed by atoms with van der Waals surface area (Å²) in [6, 6.07) is 24.0. The summed E-state index contributed by atoms with van der Waals surface area (Å²) in [4.78, 5) is 13.1. The van der Waals surface area contributed by atoms with Crippen LogP contribution < -0.4 is 5.32 Å². The molecule has 0 atom stereocenters. The van der Waals surface area contributed by atoms with Gasteiger partial charge in [-0.1, -0.05) is 48.5 Å². The number of hydrogen-bond acceptors (Lipinski definition) is 3. The molecule has 0 bridgehead atoms. The second-order valence-corrected chi connectivity index (χ2v) is 5.54. The number of anilines is 1. The average molecular weight is 324 g/mol. The summed E-state index contributed by atoms with van der Waals surface area (Å²) in [5.74, 6) is 1.41. The molecule has 2 heterocycles. The van der Waals surface area contributed by atoms with Gasteiger partial charge in [-0.3, -0.25) is 4.98 Å². The number of nitrogens with one attached hydrogen (secondary N) is 1. The quantitative estimate of drug-likeness (QED) is 0.434. The van der Waals surface area contributed by atoms with Gasteiger partial charge in [-0.25, -0.2) is 9.98 Å². The number of hydrogen-bond donors (Lipinski definition) is 1. The molecule has 4 heteroatoms. The molecule has 2 aromatic carbocycles. The highest BCUT2D eigenvalue weighted by molar-refractivity contribution is 6.16. The first-order valence-corrected chi connectivity index (χ1v) is 8.05. The first kappa shape index (κ1) is 15.0. The molecule has 0 radical (unpaired) electrons. The van der Waals surface area contributed by atoms with Gasteiger partial charge in [0.2, 0.25) is 0 Å². The van der Waals surface area contributed by atoms with Crippen molar-refractivity contribution in [1.82, 2.24) is 9.97 Å². The Morgan fingerprint density at radius 2 is 1.56 bits per heavy atom. The minimum Gasteiger partial charge on any atom is -0.340 e. The molecule has 0 saturated heterocycles. The second kappa shape index (κ2) is 6.93. The normalized spacial score (nSPS) is 11.4. The molecule has 4 rings (SSSR count). The summed E-state index contributed by atoms with van der Waals surface area (Å²) in [6.45, 7) is 0. The maximum Gasteiger partial charge on any atom is 0.154 e. The number of nitrogens with zero attached hydrogens (tertiary/aromatic N) is 3. The van der Waals surface area contributed by atoms with Crippen LogP contribution in [0.15, 0.2) is 96.4 Å². The maximum atomic E-state index is 4.75. The zero-order valence-electron chi connectivity index (χ0n) is 13.5. The van der Waals surface area contributed by atoms with Crippen molar-refractivity contribution in [3.05, 3.63) is 97.0 Å². The van der Waals surface area contributed by atoms with Gasteiger partial charge >= 0.3 is 0 Å². The zero-order chi connectivity index (χ0) is 16.9. The van der Waals surface area contributed by atoms with Crippen LogP contribution in [-0.2, 0) is 0 Å². The summed E-state index contributed by atoms with van der Waals surface area (Å²) in [7, 11) is 0. The lowest BCUT2D eigenvalue weighted by Gasteiger charge is -2.12. The van der Waals surface area contributed by atoms with Gasteiger partial charge in [0.25, 0.3) is 0 Å². The minimum absolute atomic E-state index is 0.659. The van der Waals surface area contributed by atoms with E-state index in [2.05, 4.69) is 39.6 Å². The molecule has 0 fully saturated rings. The summed E-state index contributed by atoms with van der Waals surface area (Å²) in [5, 5.41) is 5.72. The van der Waals surface area contributed by atoms with Crippen LogP contribution in [0.1, 0.15) is 5.56 Å². The number of fused-ring (bicyclic) bond motifs is 1. The van der Waals surface area contributed by atoms with Crippen molar-refractivity contribution in [3.8, 4) is 0 Å². The summed E-state index contributed by atoms with van der Waals surface area (Å²) in [6.07, 6.45) is 5.25. The molecule has 4 nitrogen and oxygen atoms in total. The van der Waals surface area contributed by atoms with Gasteiger partial charge in [-0.15, -0.1) is 0 Å². The van der Waals surface area contributed by atoms with E-state index in [1.165, 1.54) is 5.39 Å². The van der Waals surface area contributed by atoms with Crippen molar-refractivity contribution in [2.24, 2.45) is 4.99 Å². The molecule has 4 aromatic rings. The monoisotopic (exact) mass is 324 g/mol. The fourth-order valence-electron chi connectivity index (χ4n) is 2.69. The highest BCUT2D eigenvalue weighted by atomic mass is 15.0. The van der Waals surface area contributed by atoms with Gasteiger partial charge in [0.1, 0.15) is 5.84 Å². The Bertz CT molecular complexity index is 1010. The molecule has 1 N–H and O–H groups in total. The van der Waals surface area contributed by atoms with Gasteiger partial charge in [-0.2, -0.15) is 0 Å². The van der Waals surface area contributed by atoms with Crippen LogP contribution >= 0.6 is 0 Å². The van der Waals surface area contributed by atoms with Crippen molar-refractivity contribution >= 4 is 28.1 Å². The van der Waals surface area contributed by atoms with Crippen LogP contribution in [0.3, 0.4) is 0 Å². The lowest BCUT2D eigenvalue weighted by Crippen LogP contribution is -2.14. The van der Waals surface area contributed by atoms with E-state index in [1.54, 1.807) is 18.6 Å². The fraction of sp³-hybridized carbons (Fsp3) is 0. The van der Waals surface area contributed by atoms with Crippen LogP contribution in [0.4, 0.5) is 11.5 Å². The number of aromatic nitrogens is 2. The zero-order valence-corrected chi connectivity index (χ0v) is 13.5. The lowest BCUT2D eigenvalue weighted by atomic mass is 10.0. The van der Waals surface area contributed by atoms with Gasteiger partial charge in [0, 0.05) is 29.8 Å². The Labute approximate surface area is 145 Å². The standard InChI is InChI=1S/C21H16N4/c1-2-8-18-16(6-1)7-5-9-19(18)21(24-17-11-14-22-15-12-17)25-20-10-3-4-13-23-20/h1-15H,(H,22,23,24,25). The van der Waals surface area contributed by atoms with Gasteiger partial charge in [0.15, 0.2) is 5.82 Å². The van der Waals surface area contributed by atoms with E-state index in [4.69, 9.17) is 4.99 Å². The number of aliphatic imine (C=N–C) groups is 1. The number of benzene rings is 2. The molecule has 120 valence electrons. The van der Waals surface area contributed by atoms with Gasteiger partial charge < -0.3 is 5.32 Å². The van der Waals surface area contributed by atoms with E-state index in [0.717, 1.165) is 22.5 Å². The fourth-order valence-corrected chi connectivity index (χ4v) is 2.69. The molecular weight excluding hydrogens is 308 g/mol. The average Bonchev–Trinajstić information content (AvgIpc) is 2.69. The Morgan fingerprint density at radius 3 is 2.40 bits per heavy atom. The van der Waals surface area contributed by atoms with E-state index >= 15 is 0 Å². The molecular formula is C21H16N4. The molecule has 0 spiro atoms. The predicted octanol–water partition coefficient (Wildman–Crippen LogP) is 4.82. The Balaban J connectivity index is 1.86. The molecule has 0 saturated carbocycles. The van der Waals surface area contributed by atoms with Crippen molar-refractivity contribution in [2.75, 3.05) is 5.32 Å². The van der Waals surface area contributed by atoms with E-state index in [9.17, 15) is 0 Å². The number of pyridine rings is 2. The van der Waals surface area contributed by atoms with E-state index < -0.39 is 0 Å². The third-order valence-electron chi connectivity index (χ3n) is 3.86. The minimum atomic E-state index is 0.659. The van der Waals surface area contributed by atoms with Crippen LogP contribution in [0.5, 0.6) is 0 Å². The molecule has 25 heavy (non-hydrogen) atoms. The third kappa shape index (κ3) is 3.38. The lowest BCUT2D eigenvalue weighted by molar-refractivity contribution is 1.27.